The Morgan fingerprint density at radius 1 is 0.300 bits per heavy atom. The minimum absolute atomic E-state index is 0.565. The van der Waals surface area contributed by atoms with Crippen molar-refractivity contribution in [3.63, 3.8) is 0 Å². The largest absolute Gasteiger partial charge is 0.308 e. The van der Waals surface area contributed by atoms with E-state index in [1.807, 2.05) is 18.5 Å². The van der Waals surface area contributed by atoms with Gasteiger partial charge in [-0.25, -0.2) is 0 Å². The Kier molecular flexibility index (Phi) is 9.85. The number of fused-ring (bicyclic) bond motifs is 6. The molecule has 0 radical (unpaired) electrons. The number of hydrogen-bond donors (Lipinski definition) is 0. The highest BCUT2D eigenvalue weighted by Crippen LogP contribution is 2.44. The maximum Gasteiger partial charge on any atom is 0.104 e. The van der Waals surface area contributed by atoms with Crippen molar-refractivity contribution in [1.29, 1.82) is 5.26 Å². The molecule has 0 spiro atoms. The van der Waals surface area contributed by atoms with E-state index in [2.05, 4.69) is 257 Å². The van der Waals surface area contributed by atoms with Crippen LogP contribution in [0, 0.1) is 11.3 Å². The predicted octanol–water partition coefficient (Wildman–Crippen LogP) is 17.1. The van der Waals surface area contributed by atoms with E-state index >= 15 is 0 Å². The molecule has 0 saturated heterocycles. The average molecular weight is 891 g/mol. The van der Waals surface area contributed by atoms with Crippen molar-refractivity contribution in [2.45, 2.75) is 0 Å². The average Bonchev–Trinajstić information content (AvgIpc) is 3.95. The predicted molar refractivity (Wildman–Crippen MR) is 290 cm³/mol. The van der Waals surface area contributed by atoms with Crippen LogP contribution >= 0.6 is 0 Å². The number of benzene rings is 10. The zero-order chi connectivity index (χ0) is 46.5. The lowest BCUT2D eigenvalue weighted by atomic mass is 9.94. The number of nitriles is 1. The SMILES string of the molecule is N#Cc1c(-n2c3ccc(-c4ccccc4)cc3c3cc(-c4ccccc4)ccc32)cc(-c2ccncc2-c2ccccc2)cc1-n1c2ccc(-c3ccccc3)cc2c2cc(-c3ccccc3)ccc21. The second kappa shape index (κ2) is 16.9. The Bertz CT molecular complexity index is 3730. The molecular weight excluding hydrogens is 849 g/mol. The lowest BCUT2D eigenvalue weighted by Gasteiger charge is -2.19. The van der Waals surface area contributed by atoms with Gasteiger partial charge in [-0.15, -0.1) is 0 Å². The number of pyridine rings is 1. The van der Waals surface area contributed by atoms with Gasteiger partial charge in [0.05, 0.1) is 33.4 Å². The fourth-order valence-electron chi connectivity index (χ4n) is 10.5. The molecule has 0 bridgehead atoms. The van der Waals surface area contributed by atoms with Crippen LogP contribution in [-0.4, -0.2) is 14.1 Å². The Balaban J connectivity index is 1.15. The fraction of sp³-hybridized carbons (Fsp3) is 0. The monoisotopic (exact) mass is 890 g/mol. The molecule has 4 heteroatoms. The number of aromatic nitrogens is 3. The summed E-state index contributed by atoms with van der Waals surface area (Å²) in [5.41, 5.74) is 19.4. The molecule has 0 amide bonds. The van der Waals surface area contributed by atoms with Crippen LogP contribution < -0.4 is 0 Å². The van der Waals surface area contributed by atoms with Crippen molar-refractivity contribution in [2.24, 2.45) is 0 Å². The van der Waals surface area contributed by atoms with Crippen LogP contribution in [0.5, 0.6) is 0 Å². The molecule has 4 nitrogen and oxygen atoms in total. The Morgan fingerprint density at radius 2 is 0.629 bits per heavy atom. The highest BCUT2D eigenvalue weighted by molar-refractivity contribution is 6.14. The molecule has 0 aliphatic carbocycles. The standard InChI is InChI=1S/C66H42N4/c67-42-59-65(69-61-30-26-49(44-16-6-1-7-17-44)36-55(61)56-37-50(27-31-62(56)69)45-18-8-2-9-19-45)40-53(54-34-35-68-43-60(54)48-24-14-5-15-25-48)41-66(59)70-63-32-28-51(46-20-10-3-11-21-46)38-57(63)58-39-52(29-33-64(58)70)47-22-12-4-13-23-47/h1-41,43H. The smallest absolute Gasteiger partial charge is 0.104 e. The summed E-state index contributed by atoms with van der Waals surface area (Å²) in [4.78, 5) is 4.66. The summed E-state index contributed by atoms with van der Waals surface area (Å²) in [6, 6.07) is 89.0. The highest BCUT2D eigenvalue weighted by Gasteiger charge is 2.24. The molecule has 0 atom stereocenters. The molecule has 3 heterocycles. The van der Waals surface area contributed by atoms with Crippen molar-refractivity contribution in [1.82, 2.24) is 14.1 Å². The Morgan fingerprint density at radius 3 is 0.957 bits per heavy atom. The van der Waals surface area contributed by atoms with Gasteiger partial charge in [-0.1, -0.05) is 176 Å². The molecule has 0 fully saturated rings. The van der Waals surface area contributed by atoms with Crippen LogP contribution in [0.1, 0.15) is 5.56 Å². The summed E-state index contributed by atoms with van der Waals surface area (Å²) in [7, 11) is 0. The van der Waals surface area contributed by atoms with Crippen LogP contribution in [0.15, 0.2) is 255 Å². The first kappa shape index (κ1) is 40.7. The minimum Gasteiger partial charge on any atom is -0.308 e. The molecule has 0 aliphatic heterocycles. The fourth-order valence-corrected chi connectivity index (χ4v) is 10.5. The van der Waals surface area contributed by atoms with E-state index in [-0.39, 0.29) is 0 Å². The zero-order valence-corrected chi connectivity index (χ0v) is 38.0. The van der Waals surface area contributed by atoms with E-state index in [0.29, 0.717) is 5.56 Å². The summed E-state index contributed by atoms with van der Waals surface area (Å²) < 4.78 is 4.64. The van der Waals surface area contributed by atoms with Crippen molar-refractivity contribution < 1.29 is 0 Å². The van der Waals surface area contributed by atoms with Crippen molar-refractivity contribution in [2.75, 3.05) is 0 Å². The normalized spacial score (nSPS) is 11.4. The molecule has 13 aromatic rings. The van der Waals surface area contributed by atoms with Crippen LogP contribution in [0.2, 0.25) is 0 Å². The van der Waals surface area contributed by atoms with Crippen LogP contribution in [0.4, 0.5) is 0 Å². The summed E-state index contributed by atoms with van der Waals surface area (Å²) in [5.74, 6) is 0. The second-order valence-corrected chi connectivity index (χ2v) is 17.9. The Labute approximate surface area is 405 Å². The molecule has 0 aliphatic rings. The molecule has 0 unspecified atom stereocenters. The zero-order valence-electron chi connectivity index (χ0n) is 38.0. The highest BCUT2D eigenvalue weighted by atomic mass is 15.0. The first-order valence-electron chi connectivity index (χ1n) is 23.7. The quantitative estimate of drug-likeness (QED) is 0.153. The molecule has 3 aromatic heterocycles. The van der Waals surface area contributed by atoms with E-state index < -0.39 is 0 Å². The second-order valence-electron chi connectivity index (χ2n) is 17.9. The molecule has 13 rings (SSSR count). The van der Waals surface area contributed by atoms with Gasteiger partial charge >= 0.3 is 0 Å². The van der Waals surface area contributed by atoms with Gasteiger partial charge < -0.3 is 9.13 Å². The Hall–Kier alpha value is -9.56. The summed E-state index contributed by atoms with van der Waals surface area (Å²) in [5, 5.41) is 16.3. The molecule has 0 N–H and O–H groups in total. The number of hydrogen-bond acceptors (Lipinski definition) is 2. The molecule has 70 heavy (non-hydrogen) atoms. The van der Waals surface area contributed by atoms with Gasteiger partial charge in [-0.05, 0) is 128 Å². The first-order valence-corrected chi connectivity index (χ1v) is 23.7. The first-order chi connectivity index (χ1) is 34.7. The molecule has 0 saturated carbocycles. The van der Waals surface area contributed by atoms with E-state index in [1.54, 1.807) is 0 Å². The van der Waals surface area contributed by atoms with Crippen molar-refractivity contribution >= 4 is 43.6 Å². The third-order valence-corrected chi connectivity index (χ3v) is 13.9. The van der Waals surface area contributed by atoms with E-state index in [9.17, 15) is 5.26 Å². The van der Waals surface area contributed by atoms with E-state index in [1.165, 1.54) is 0 Å². The van der Waals surface area contributed by atoms with Gasteiger partial charge in [0.15, 0.2) is 0 Å². The third kappa shape index (κ3) is 6.88. The molecular formula is C66H42N4. The summed E-state index contributed by atoms with van der Waals surface area (Å²) in [6.45, 7) is 0. The number of rotatable bonds is 8. The minimum atomic E-state index is 0.565. The summed E-state index contributed by atoms with van der Waals surface area (Å²) in [6.07, 6.45) is 3.82. The van der Waals surface area contributed by atoms with Crippen LogP contribution in [-0.2, 0) is 0 Å². The van der Waals surface area contributed by atoms with Crippen LogP contribution in [0.25, 0.3) is 122 Å². The van der Waals surface area contributed by atoms with Gasteiger partial charge in [-0.2, -0.15) is 5.26 Å². The number of nitrogens with zero attached hydrogens (tertiary/aromatic N) is 4. The van der Waals surface area contributed by atoms with Gasteiger partial charge in [0.1, 0.15) is 11.6 Å². The van der Waals surface area contributed by atoms with Gasteiger partial charge in [-0.3, -0.25) is 4.98 Å². The van der Waals surface area contributed by atoms with Gasteiger partial charge in [0.2, 0.25) is 0 Å². The van der Waals surface area contributed by atoms with Gasteiger partial charge in [0, 0.05) is 39.5 Å². The van der Waals surface area contributed by atoms with Crippen molar-refractivity contribution in [3.8, 4) is 84.2 Å². The third-order valence-electron chi connectivity index (χ3n) is 13.9. The topological polar surface area (TPSA) is 46.5 Å². The molecule has 326 valence electrons. The lowest BCUT2D eigenvalue weighted by molar-refractivity contribution is 1.12. The van der Waals surface area contributed by atoms with E-state index in [0.717, 1.165) is 122 Å². The van der Waals surface area contributed by atoms with E-state index in [4.69, 9.17) is 0 Å². The van der Waals surface area contributed by atoms with Crippen molar-refractivity contribution in [3.05, 3.63) is 261 Å². The maximum absolute atomic E-state index is 11.9. The summed E-state index contributed by atoms with van der Waals surface area (Å²) >= 11 is 0. The van der Waals surface area contributed by atoms with Gasteiger partial charge in [0.25, 0.3) is 0 Å². The van der Waals surface area contributed by atoms with Crippen LogP contribution in [0.3, 0.4) is 0 Å². The lowest BCUT2D eigenvalue weighted by Crippen LogP contribution is -2.05. The maximum atomic E-state index is 11.9. The molecule has 10 aromatic carbocycles.